The number of hydrogen-bond donors (Lipinski definition) is 0. The van der Waals surface area contributed by atoms with Crippen LogP contribution >= 0.6 is 0 Å². The Hall–Kier alpha value is -2.50. The van der Waals surface area contributed by atoms with Gasteiger partial charge in [0.15, 0.2) is 0 Å². The molecule has 6 nitrogen and oxygen atoms in total. The van der Waals surface area contributed by atoms with Gasteiger partial charge in [0.1, 0.15) is 5.69 Å². The molecular weight excluding hydrogens is 316 g/mol. The number of hydrogen-bond acceptors (Lipinski definition) is 6. The van der Waals surface area contributed by atoms with E-state index in [2.05, 4.69) is 38.4 Å². The summed E-state index contributed by atoms with van der Waals surface area (Å²) in [6, 6.07) is 2.37. The summed E-state index contributed by atoms with van der Waals surface area (Å²) in [6.07, 6.45) is 10.3. The minimum absolute atomic E-state index is 0.272. The largest absolute Gasteiger partial charge is 0.480 e. The van der Waals surface area contributed by atoms with Crippen molar-refractivity contribution < 1.29 is 9.47 Å². The summed E-state index contributed by atoms with van der Waals surface area (Å²) in [5.41, 5.74) is 3.71. The first-order chi connectivity index (χ1) is 12.2. The van der Waals surface area contributed by atoms with E-state index in [0.29, 0.717) is 17.7 Å². The highest BCUT2D eigenvalue weighted by Crippen LogP contribution is 2.50. The number of aryl methyl sites for hydroxylation is 1. The van der Waals surface area contributed by atoms with Crippen LogP contribution < -0.4 is 9.47 Å². The molecule has 0 aliphatic heterocycles. The van der Waals surface area contributed by atoms with Crippen LogP contribution in [0.4, 0.5) is 0 Å². The molecule has 4 rings (SSSR count). The predicted molar refractivity (Wildman–Crippen MR) is 93.6 cm³/mol. The van der Waals surface area contributed by atoms with Gasteiger partial charge in [0.2, 0.25) is 5.88 Å². The van der Waals surface area contributed by atoms with Gasteiger partial charge in [-0.05, 0) is 55.6 Å². The van der Waals surface area contributed by atoms with Crippen molar-refractivity contribution >= 4 is 0 Å². The summed E-state index contributed by atoms with van der Waals surface area (Å²) in [6.45, 7) is 2.02. The maximum Gasteiger partial charge on any atom is 0.319 e. The van der Waals surface area contributed by atoms with Gasteiger partial charge in [-0.1, -0.05) is 12.2 Å². The second-order valence-electron chi connectivity index (χ2n) is 6.78. The van der Waals surface area contributed by atoms with Gasteiger partial charge in [0.25, 0.3) is 0 Å². The third-order valence-corrected chi connectivity index (χ3v) is 4.89. The Bertz CT molecular complexity index is 817. The SMILES string of the molecule is COc1ncc(-c2cc([C@H]3C[C@@H]3/C=C/C3CC3)c(C)nn2)c(OC)n1. The molecule has 0 N–H and O–H groups in total. The van der Waals surface area contributed by atoms with Gasteiger partial charge in [-0.15, -0.1) is 5.10 Å². The minimum atomic E-state index is 0.272. The van der Waals surface area contributed by atoms with Crippen LogP contribution in [0.2, 0.25) is 0 Å². The van der Waals surface area contributed by atoms with Crippen molar-refractivity contribution in [1.29, 1.82) is 0 Å². The van der Waals surface area contributed by atoms with Gasteiger partial charge in [0, 0.05) is 6.20 Å². The summed E-state index contributed by atoms with van der Waals surface area (Å²) in [4.78, 5) is 8.41. The molecule has 0 radical (unpaired) electrons. The van der Waals surface area contributed by atoms with Crippen molar-refractivity contribution in [2.75, 3.05) is 14.2 Å². The van der Waals surface area contributed by atoms with E-state index in [-0.39, 0.29) is 6.01 Å². The Kier molecular flexibility index (Phi) is 4.11. The van der Waals surface area contributed by atoms with Crippen LogP contribution in [0.1, 0.15) is 36.4 Å². The van der Waals surface area contributed by atoms with Crippen molar-refractivity contribution in [2.24, 2.45) is 11.8 Å². The Morgan fingerprint density at radius 1 is 1.12 bits per heavy atom. The maximum absolute atomic E-state index is 5.37. The van der Waals surface area contributed by atoms with Crippen LogP contribution in [0.5, 0.6) is 11.9 Å². The van der Waals surface area contributed by atoms with Gasteiger partial charge in [-0.25, -0.2) is 4.98 Å². The molecular formula is C19H22N4O2. The molecule has 130 valence electrons. The fraction of sp³-hybridized carbons (Fsp3) is 0.474. The van der Waals surface area contributed by atoms with Crippen LogP contribution in [0.3, 0.4) is 0 Å². The summed E-state index contributed by atoms with van der Waals surface area (Å²) in [7, 11) is 3.11. The normalized spacial score (nSPS) is 22.2. The lowest BCUT2D eigenvalue weighted by Gasteiger charge is -2.10. The van der Waals surface area contributed by atoms with Crippen LogP contribution in [0, 0.1) is 18.8 Å². The highest BCUT2D eigenvalue weighted by Gasteiger charge is 2.38. The van der Waals surface area contributed by atoms with E-state index in [1.54, 1.807) is 13.3 Å². The molecule has 2 aliphatic carbocycles. The average molecular weight is 338 g/mol. The van der Waals surface area contributed by atoms with Crippen LogP contribution in [-0.2, 0) is 0 Å². The van der Waals surface area contributed by atoms with Crippen molar-refractivity contribution in [3.8, 4) is 23.1 Å². The molecule has 0 saturated heterocycles. The first-order valence-electron chi connectivity index (χ1n) is 8.67. The van der Waals surface area contributed by atoms with Crippen LogP contribution in [-0.4, -0.2) is 34.4 Å². The smallest absolute Gasteiger partial charge is 0.319 e. The lowest BCUT2D eigenvalue weighted by molar-refractivity contribution is 0.353. The molecule has 0 spiro atoms. The van der Waals surface area contributed by atoms with Gasteiger partial charge in [0.05, 0.1) is 25.5 Å². The van der Waals surface area contributed by atoms with E-state index in [1.165, 1.54) is 31.9 Å². The Labute approximate surface area is 147 Å². The van der Waals surface area contributed by atoms with E-state index in [4.69, 9.17) is 9.47 Å². The molecule has 0 amide bonds. The van der Waals surface area contributed by atoms with Crippen LogP contribution in [0.25, 0.3) is 11.3 Å². The van der Waals surface area contributed by atoms with Gasteiger partial charge < -0.3 is 9.47 Å². The molecule has 0 aromatic carbocycles. The van der Waals surface area contributed by atoms with E-state index in [0.717, 1.165) is 22.9 Å². The molecule has 2 atom stereocenters. The second-order valence-corrected chi connectivity index (χ2v) is 6.78. The first-order valence-corrected chi connectivity index (χ1v) is 8.67. The van der Waals surface area contributed by atoms with Crippen molar-refractivity contribution in [2.45, 2.75) is 32.1 Å². The highest BCUT2D eigenvalue weighted by molar-refractivity contribution is 5.65. The quantitative estimate of drug-likeness (QED) is 0.753. The molecule has 2 aliphatic rings. The van der Waals surface area contributed by atoms with Crippen molar-refractivity contribution in [3.05, 3.63) is 35.7 Å². The first kappa shape index (κ1) is 16.0. The third kappa shape index (κ3) is 3.34. The molecule has 6 heteroatoms. The lowest BCUT2D eigenvalue weighted by atomic mass is 10.1. The third-order valence-electron chi connectivity index (χ3n) is 4.89. The molecule has 0 unspecified atom stereocenters. The fourth-order valence-corrected chi connectivity index (χ4v) is 3.13. The molecule has 25 heavy (non-hydrogen) atoms. The number of methoxy groups -OCH3 is 2. The summed E-state index contributed by atoms with van der Waals surface area (Å²) in [5, 5.41) is 8.68. The van der Waals surface area contributed by atoms with Gasteiger partial charge in [-0.2, -0.15) is 10.1 Å². The summed E-state index contributed by atoms with van der Waals surface area (Å²) in [5.74, 6) is 2.44. The number of rotatable bonds is 6. The van der Waals surface area contributed by atoms with Crippen LogP contribution in [0.15, 0.2) is 24.4 Å². The number of nitrogens with zero attached hydrogens (tertiary/aromatic N) is 4. The molecule has 2 heterocycles. The van der Waals surface area contributed by atoms with Gasteiger partial charge >= 0.3 is 6.01 Å². The zero-order chi connectivity index (χ0) is 17.4. The van der Waals surface area contributed by atoms with Crippen molar-refractivity contribution in [1.82, 2.24) is 20.2 Å². The van der Waals surface area contributed by atoms with E-state index >= 15 is 0 Å². The highest BCUT2D eigenvalue weighted by atomic mass is 16.5. The number of aromatic nitrogens is 4. The monoisotopic (exact) mass is 338 g/mol. The summed E-state index contributed by atoms with van der Waals surface area (Å²) >= 11 is 0. The standard InChI is InChI=1S/C19H22N4O2/c1-11-14(15-8-13(15)7-6-12-4-5-12)9-17(23-22-11)16-10-20-19(25-3)21-18(16)24-2/h6-7,9-10,12-13,15H,4-5,8H2,1-3H3/b7-6+/t13-,15-/m0/s1. The van der Waals surface area contributed by atoms with E-state index < -0.39 is 0 Å². The number of ether oxygens (including phenoxy) is 2. The molecule has 2 aromatic heterocycles. The minimum Gasteiger partial charge on any atom is -0.480 e. The molecule has 2 fully saturated rings. The Balaban J connectivity index is 1.62. The Morgan fingerprint density at radius 2 is 1.96 bits per heavy atom. The van der Waals surface area contributed by atoms with E-state index in [1.807, 2.05) is 6.92 Å². The lowest BCUT2D eigenvalue weighted by Crippen LogP contribution is -2.01. The van der Waals surface area contributed by atoms with Crippen molar-refractivity contribution in [3.63, 3.8) is 0 Å². The zero-order valence-electron chi connectivity index (χ0n) is 14.8. The maximum atomic E-state index is 5.37. The molecule has 2 saturated carbocycles. The average Bonchev–Trinajstić information content (AvgIpc) is 3.54. The molecule has 2 aromatic rings. The Morgan fingerprint density at radius 3 is 2.68 bits per heavy atom. The number of allylic oxidation sites excluding steroid dienone is 2. The predicted octanol–water partition coefficient (Wildman–Crippen LogP) is 3.33. The second kappa shape index (κ2) is 6.43. The van der Waals surface area contributed by atoms with Gasteiger partial charge in [-0.3, -0.25) is 0 Å². The zero-order valence-corrected chi connectivity index (χ0v) is 14.8. The van der Waals surface area contributed by atoms with E-state index in [9.17, 15) is 0 Å². The fourth-order valence-electron chi connectivity index (χ4n) is 3.13. The topological polar surface area (TPSA) is 70.0 Å². The molecule has 0 bridgehead atoms. The summed E-state index contributed by atoms with van der Waals surface area (Å²) < 4.78 is 10.4.